The van der Waals surface area contributed by atoms with Crippen LogP contribution in [0.5, 0.6) is 0 Å². The molecular weight excluding hydrogens is 220 g/mol. The van der Waals surface area contributed by atoms with E-state index in [0.29, 0.717) is 6.61 Å². The third-order valence-electron chi connectivity index (χ3n) is 1.57. The number of unbranched alkanes of at least 4 members (excludes halogenated alkanes) is 3. The van der Waals surface area contributed by atoms with Crippen molar-refractivity contribution < 1.29 is 9.53 Å². The van der Waals surface area contributed by atoms with Gasteiger partial charge in [-0.2, -0.15) is 0 Å². The Hall–Kier alpha value is -0.0500. The Morgan fingerprint density at radius 1 is 1.42 bits per heavy atom. The average Bonchev–Trinajstić information content (AvgIpc) is 2.03. The maximum absolute atomic E-state index is 10.9. The van der Waals surface area contributed by atoms with Crippen molar-refractivity contribution in [2.24, 2.45) is 0 Å². The number of esters is 1. The second kappa shape index (κ2) is 7.59. The standard InChI is InChI=1S/C9H17BrO2/c1-3-4-5-6-7-12-9(11)8(2)10/h8H,3-7H2,1-2H3. The lowest BCUT2D eigenvalue weighted by Crippen LogP contribution is -2.14. The first-order valence-corrected chi connectivity index (χ1v) is 5.40. The summed E-state index contributed by atoms with van der Waals surface area (Å²) in [6.45, 7) is 4.50. The van der Waals surface area contributed by atoms with Gasteiger partial charge in [0.15, 0.2) is 0 Å². The van der Waals surface area contributed by atoms with Crippen molar-refractivity contribution >= 4 is 21.9 Å². The van der Waals surface area contributed by atoms with Gasteiger partial charge >= 0.3 is 5.97 Å². The van der Waals surface area contributed by atoms with Crippen LogP contribution in [-0.2, 0) is 9.53 Å². The van der Waals surface area contributed by atoms with Crippen molar-refractivity contribution in [3.63, 3.8) is 0 Å². The highest BCUT2D eigenvalue weighted by atomic mass is 79.9. The fourth-order valence-corrected chi connectivity index (χ4v) is 0.949. The summed E-state index contributed by atoms with van der Waals surface area (Å²) in [7, 11) is 0. The van der Waals surface area contributed by atoms with Crippen LogP contribution in [0.3, 0.4) is 0 Å². The van der Waals surface area contributed by atoms with Crippen LogP contribution in [0.15, 0.2) is 0 Å². The van der Waals surface area contributed by atoms with E-state index in [-0.39, 0.29) is 10.8 Å². The molecule has 0 bridgehead atoms. The molecule has 3 heteroatoms. The Labute approximate surface area is 82.8 Å². The molecule has 0 saturated carbocycles. The Morgan fingerprint density at radius 3 is 2.58 bits per heavy atom. The zero-order valence-corrected chi connectivity index (χ0v) is 9.39. The van der Waals surface area contributed by atoms with Gasteiger partial charge < -0.3 is 4.74 Å². The van der Waals surface area contributed by atoms with E-state index >= 15 is 0 Å². The molecule has 2 nitrogen and oxygen atoms in total. The first-order chi connectivity index (χ1) is 5.68. The predicted molar refractivity (Wildman–Crippen MR) is 53.5 cm³/mol. The molecule has 12 heavy (non-hydrogen) atoms. The third kappa shape index (κ3) is 6.65. The fourth-order valence-electron chi connectivity index (χ4n) is 0.816. The Balaban J connectivity index is 3.14. The van der Waals surface area contributed by atoms with Gasteiger partial charge in [-0.05, 0) is 13.3 Å². The molecule has 1 atom stereocenters. The minimum Gasteiger partial charge on any atom is -0.465 e. The summed E-state index contributed by atoms with van der Waals surface area (Å²) < 4.78 is 4.96. The van der Waals surface area contributed by atoms with Gasteiger partial charge in [-0.15, -0.1) is 0 Å². The van der Waals surface area contributed by atoms with E-state index in [9.17, 15) is 4.79 Å². The molecule has 0 aromatic rings. The van der Waals surface area contributed by atoms with Crippen molar-refractivity contribution in [1.82, 2.24) is 0 Å². The van der Waals surface area contributed by atoms with Crippen molar-refractivity contribution in [1.29, 1.82) is 0 Å². The topological polar surface area (TPSA) is 26.3 Å². The van der Waals surface area contributed by atoms with Crippen LogP contribution < -0.4 is 0 Å². The van der Waals surface area contributed by atoms with E-state index in [2.05, 4.69) is 22.9 Å². The van der Waals surface area contributed by atoms with E-state index in [1.54, 1.807) is 6.92 Å². The van der Waals surface area contributed by atoms with Crippen LogP contribution in [0.4, 0.5) is 0 Å². The number of carbonyl (C=O) groups is 1. The van der Waals surface area contributed by atoms with E-state index < -0.39 is 0 Å². The fraction of sp³-hybridized carbons (Fsp3) is 0.889. The molecule has 0 aliphatic carbocycles. The van der Waals surface area contributed by atoms with E-state index in [0.717, 1.165) is 12.8 Å². The molecule has 0 rings (SSSR count). The van der Waals surface area contributed by atoms with Crippen LogP contribution in [-0.4, -0.2) is 17.4 Å². The quantitative estimate of drug-likeness (QED) is 0.403. The van der Waals surface area contributed by atoms with Crippen LogP contribution >= 0.6 is 15.9 Å². The predicted octanol–water partition coefficient (Wildman–Crippen LogP) is 2.89. The molecule has 0 radical (unpaired) electrons. The van der Waals surface area contributed by atoms with E-state index in [4.69, 9.17) is 4.74 Å². The molecule has 0 aromatic heterocycles. The summed E-state index contributed by atoms with van der Waals surface area (Å²) in [5.41, 5.74) is 0. The molecule has 0 aliphatic rings. The first-order valence-electron chi connectivity index (χ1n) is 4.49. The Kier molecular flexibility index (Phi) is 7.56. The molecule has 72 valence electrons. The lowest BCUT2D eigenvalue weighted by Gasteiger charge is -2.05. The smallest absolute Gasteiger partial charge is 0.319 e. The summed E-state index contributed by atoms with van der Waals surface area (Å²) in [5.74, 6) is -0.161. The molecule has 1 unspecified atom stereocenters. The molecule has 0 N–H and O–H groups in total. The van der Waals surface area contributed by atoms with Gasteiger partial charge in [-0.3, -0.25) is 4.79 Å². The van der Waals surface area contributed by atoms with E-state index in [1.807, 2.05) is 0 Å². The van der Waals surface area contributed by atoms with Gasteiger partial charge in [0.05, 0.1) is 6.61 Å². The van der Waals surface area contributed by atoms with Gasteiger partial charge in [0.1, 0.15) is 4.83 Å². The SMILES string of the molecule is CCCCCCOC(=O)C(C)Br. The molecule has 0 saturated heterocycles. The third-order valence-corrected chi connectivity index (χ3v) is 1.94. The van der Waals surface area contributed by atoms with Gasteiger partial charge in [-0.1, -0.05) is 42.1 Å². The highest BCUT2D eigenvalue weighted by molar-refractivity contribution is 9.10. The summed E-state index contributed by atoms with van der Waals surface area (Å²) in [6, 6.07) is 0. The maximum Gasteiger partial charge on any atom is 0.319 e. The largest absolute Gasteiger partial charge is 0.465 e. The number of halogens is 1. The summed E-state index contributed by atoms with van der Waals surface area (Å²) in [6.07, 6.45) is 4.57. The first kappa shape index (κ1) is 11.9. The van der Waals surface area contributed by atoms with Crippen LogP contribution in [0, 0.1) is 0 Å². The van der Waals surface area contributed by atoms with Gasteiger partial charge in [-0.25, -0.2) is 0 Å². The van der Waals surface area contributed by atoms with Gasteiger partial charge in [0, 0.05) is 0 Å². The normalized spacial score (nSPS) is 12.6. The molecule has 0 amide bonds. The molecule has 0 spiro atoms. The Morgan fingerprint density at radius 2 is 2.08 bits per heavy atom. The maximum atomic E-state index is 10.9. The summed E-state index contributed by atoms with van der Waals surface area (Å²) >= 11 is 3.15. The number of hydrogen-bond donors (Lipinski definition) is 0. The lowest BCUT2D eigenvalue weighted by molar-refractivity contribution is -0.142. The summed E-state index contributed by atoms with van der Waals surface area (Å²) in [5, 5.41) is 0. The van der Waals surface area contributed by atoms with Crippen LogP contribution in [0.1, 0.15) is 39.5 Å². The van der Waals surface area contributed by atoms with Crippen molar-refractivity contribution in [3.8, 4) is 0 Å². The molecule has 0 heterocycles. The van der Waals surface area contributed by atoms with Gasteiger partial charge in [0.2, 0.25) is 0 Å². The number of rotatable bonds is 6. The number of ether oxygens (including phenoxy) is 1. The summed E-state index contributed by atoms with van der Waals surface area (Å²) in [4.78, 5) is 10.7. The minimum absolute atomic E-state index is 0.161. The molecule has 0 aromatic carbocycles. The monoisotopic (exact) mass is 236 g/mol. The number of hydrogen-bond acceptors (Lipinski definition) is 2. The minimum atomic E-state index is -0.177. The zero-order valence-electron chi connectivity index (χ0n) is 7.81. The molecule has 0 fully saturated rings. The zero-order chi connectivity index (χ0) is 9.40. The van der Waals surface area contributed by atoms with Crippen molar-refractivity contribution in [3.05, 3.63) is 0 Å². The van der Waals surface area contributed by atoms with Crippen molar-refractivity contribution in [2.75, 3.05) is 6.61 Å². The highest BCUT2D eigenvalue weighted by Gasteiger charge is 2.08. The molecular formula is C9H17BrO2. The Bertz CT molecular complexity index is 124. The number of alkyl halides is 1. The second-order valence-electron chi connectivity index (χ2n) is 2.84. The average molecular weight is 237 g/mol. The number of carbonyl (C=O) groups excluding carboxylic acids is 1. The van der Waals surface area contributed by atoms with Crippen LogP contribution in [0.25, 0.3) is 0 Å². The highest BCUT2D eigenvalue weighted by Crippen LogP contribution is 2.03. The second-order valence-corrected chi connectivity index (χ2v) is 4.22. The van der Waals surface area contributed by atoms with E-state index in [1.165, 1.54) is 12.8 Å². The van der Waals surface area contributed by atoms with Crippen molar-refractivity contribution in [2.45, 2.75) is 44.4 Å². The molecule has 0 aliphatic heterocycles. The van der Waals surface area contributed by atoms with Gasteiger partial charge in [0.25, 0.3) is 0 Å². The van der Waals surface area contributed by atoms with Crippen LogP contribution in [0.2, 0.25) is 0 Å². The lowest BCUT2D eigenvalue weighted by atomic mass is 10.2.